The Morgan fingerprint density at radius 2 is 1.45 bits per heavy atom. The summed E-state index contributed by atoms with van der Waals surface area (Å²) in [5.41, 5.74) is 2.77. The fourth-order valence-corrected chi connectivity index (χ4v) is 6.12. The molecule has 1 aliphatic heterocycles. The molecule has 53 heavy (non-hydrogen) atoms. The second-order valence-corrected chi connectivity index (χ2v) is 12.8. The van der Waals surface area contributed by atoms with Crippen LogP contribution in [0.15, 0.2) is 78.9 Å². The van der Waals surface area contributed by atoms with E-state index < -0.39 is 78.5 Å². The molecule has 0 unspecified atom stereocenters. The van der Waals surface area contributed by atoms with Crippen molar-refractivity contribution >= 4 is 29.7 Å². The minimum absolute atomic E-state index is 0.129. The number of carbonyl (C=O) groups excluding carboxylic acids is 3. The summed E-state index contributed by atoms with van der Waals surface area (Å²) in [6.07, 6.45) is -7.28. The molecule has 0 aliphatic carbocycles. The van der Waals surface area contributed by atoms with Gasteiger partial charge in [0.15, 0.2) is 0 Å². The number of benzene rings is 3. The third kappa shape index (κ3) is 10.2. The highest BCUT2D eigenvalue weighted by atomic mass is 16.7. The van der Waals surface area contributed by atoms with Gasteiger partial charge in [-0.3, -0.25) is 19.2 Å². The van der Waals surface area contributed by atoms with Crippen LogP contribution in [0, 0.1) is 6.92 Å². The van der Waals surface area contributed by atoms with Crippen molar-refractivity contribution in [3.8, 4) is 11.1 Å². The van der Waals surface area contributed by atoms with E-state index in [-0.39, 0.29) is 37.0 Å². The van der Waals surface area contributed by atoms with Gasteiger partial charge in [0, 0.05) is 31.0 Å². The van der Waals surface area contributed by atoms with E-state index in [0.29, 0.717) is 12.0 Å². The van der Waals surface area contributed by atoms with E-state index in [1.165, 1.54) is 6.07 Å². The number of aryl methyl sites for hydroxylation is 1. The number of amides is 3. The molecule has 7 atom stereocenters. The maximum Gasteiger partial charge on any atom is 0.367 e. The van der Waals surface area contributed by atoms with E-state index >= 15 is 0 Å². The minimum Gasteiger partial charge on any atom is -0.481 e. The van der Waals surface area contributed by atoms with Gasteiger partial charge in [-0.25, -0.2) is 4.79 Å². The maximum atomic E-state index is 13.5. The lowest BCUT2D eigenvalue weighted by molar-refractivity contribution is -0.333. The molecule has 1 aliphatic rings. The van der Waals surface area contributed by atoms with Crippen molar-refractivity contribution in [2.24, 2.45) is 0 Å². The molecule has 15 nitrogen and oxygen atoms in total. The number of unbranched alkanes of at least 4 members (excludes halogenated alkanes) is 2. The quantitative estimate of drug-likeness (QED) is 0.0923. The van der Waals surface area contributed by atoms with E-state index in [4.69, 9.17) is 14.6 Å². The van der Waals surface area contributed by atoms with Crippen LogP contribution in [-0.2, 0) is 23.9 Å². The van der Waals surface area contributed by atoms with Gasteiger partial charge in [-0.15, -0.1) is 0 Å². The molecular formula is C38H45N3O12. The zero-order chi connectivity index (χ0) is 38.7. The van der Waals surface area contributed by atoms with Crippen LogP contribution in [0.5, 0.6) is 0 Å². The predicted octanol–water partition coefficient (Wildman–Crippen LogP) is 1.62. The maximum absolute atomic E-state index is 13.5. The summed E-state index contributed by atoms with van der Waals surface area (Å²) in [7, 11) is 0. The number of rotatable bonds is 17. The molecular weight excluding hydrogens is 690 g/mol. The highest BCUT2D eigenvalue weighted by molar-refractivity contribution is 5.96. The molecule has 1 fully saturated rings. The third-order valence-electron chi connectivity index (χ3n) is 8.95. The lowest BCUT2D eigenvalue weighted by Gasteiger charge is -2.50. The number of carboxylic acid groups (broad SMARTS) is 2. The number of aliphatic hydroxyl groups is 3. The first-order valence-corrected chi connectivity index (χ1v) is 17.1. The number of hydrogen-bond donors (Lipinski definition) is 8. The first-order chi connectivity index (χ1) is 25.2. The third-order valence-corrected chi connectivity index (χ3v) is 8.95. The van der Waals surface area contributed by atoms with Crippen molar-refractivity contribution in [2.45, 2.75) is 81.8 Å². The monoisotopic (exact) mass is 735 g/mol. The number of nitrogens with one attached hydrogen (secondary N) is 3. The molecule has 0 saturated carbocycles. The van der Waals surface area contributed by atoms with Crippen molar-refractivity contribution in [2.75, 3.05) is 13.2 Å². The second-order valence-electron chi connectivity index (χ2n) is 12.8. The van der Waals surface area contributed by atoms with Gasteiger partial charge < -0.3 is 51.0 Å². The average molecular weight is 736 g/mol. The van der Waals surface area contributed by atoms with Crippen molar-refractivity contribution in [1.82, 2.24) is 16.0 Å². The van der Waals surface area contributed by atoms with Gasteiger partial charge >= 0.3 is 11.9 Å². The topological polar surface area (TPSA) is 241 Å². The zero-order valence-electron chi connectivity index (χ0n) is 29.3. The van der Waals surface area contributed by atoms with Crippen LogP contribution in [0.1, 0.15) is 58.9 Å². The van der Waals surface area contributed by atoms with E-state index in [2.05, 4.69) is 16.0 Å². The summed E-state index contributed by atoms with van der Waals surface area (Å²) in [5, 5.41) is 61.2. The Hall–Kier alpha value is -5.19. The second kappa shape index (κ2) is 18.5. The van der Waals surface area contributed by atoms with Gasteiger partial charge in [0.05, 0.1) is 24.8 Å². The number of carboxylic acids is 2. The first-order valence-electron chi connectivity index (χ1n) is 17.1. The molecule has 3 aromatic carbocycles. The molecule has 0 radical (unpaired) electrons. The van der Waals surface area contributed by atoms with Crippen molar-refractivity contribution in [1.29, 1.82) is 0 Å². The Morgan fingerprint density at radius 1 is 0.811 bits per heavy atom. The molecule has 15 heteroatoms. The zero-order valence-corrected chi connectivity index (χ0v) is 29.3. The van der Waals surface area contributed by atoms with Crippen LogP contribution in [0.25, 0.3) is 11.1 Å². The Kier molecular flexibility index (Phi) is 14.2. The lowest BCUT2D eigenvalue weighted by Crippen LogP contribution is -2.77. The summed E-state index contributed by atoms with van der Waals surface area (Å²) in [5.74, 6) is -7.85. The van der Waals surface area contributed by atoms with Crippen LogP contribution in [0.2, 0.25) is 0 Å². The lowest BCUT2D eigenvalue weighted by atomic mass is 9.84. The van der Waals surface area contributed by atoms with Crippen molar-refractivity contribution < 1.29 is 59.0 Å². The molecule has 284 valence electrons. The van der Waals surface area contributed by atoms with Gasteiger partial charge in [0.2, 0.25) is 5.91 Å². The highest BCUT2D eigenvalue weighted by Gasteiger charge is 2.62. The predicted molar refractivity (Wildman–Crippen MR) is 190 cm³/mol. The number of carbonyl (C=O) groups is 5. The Morgan fingerprint density at radius 3 is 2.08 bits per heavy atom. The Bertz CT molecular complexity index is 1740. The van der Waals surface area contributed by atoms with Crippen LogP contribution in [0.3, 0.4) is 0 Å². The van der Waals surface area contributed by atoms with Crippen LogP contribution in [-0.4, -0.2) is 111 Å². The van der Waals surface area contributed by atoms with Crippen molar-refractivity contribution in [3.05, 3.63) is 95.6 Å². The molecule has 0 spiro atoms. The minimum atomic E-state index is -2.94. The number of ether oxygens (including phenoxy) is 2. The summed E-state index contributed by atoms with van der Waals surface area (Å²) >= 11 is 0. The van der Waals surface area contributed by atoms with Gasteiger partial charge in [0.25, 0.3) is 17.6 Å². The van der Waals surface area contributed by atoms with Crippen LogP contribution in [0.4, 0.5) is 0 Å². The highest BCUT2D eigenvalue weighted by Crippen LogP contribution is 2.35. The van der Waals surface area contributed by atoms with Gasteiger partial charge in [0.1, 0.15) is 18.3 Å². The Balaban J connectivity index is 1.59. The summed E-state index contributed by atoms with van der Waals surface area (Å²) in [4.78, 5) is 62.8. The SMILES string of the molecule is CC(=O)N[C@@H]1[C@@H](NC(=O)c2ccccc2C)[C@H](O)[C@](OCCCCCC(=O)O)(C(=O)O)O[C@H]1[C@H](O)[C@H](O)CNC(=O)c1ccc(-c2ccccc2)cc1. The molecule has 3 amide bonds. The van der Waals surface area contributed by atoms with E-state index in [1.807, 2.05) is 30.3 Å². The largest absolute Gasteiger partial charge is 0.481 e. The summed E-state index contributed by atoms with van der Waals surface area (Å²) in [6.45, 7) is 1.87. The molecule has 0 bridgehead atoms. The van der Waals surface area contributed by atoms with Crippen molar-refractivity contribution in [3.63, 3.8) is 0 Å². The standard InChI is InChI=1S/C38H45N3O12/c1-22-11-8-9-14-27(22)36(49)41-31-30(40-23(2)42)33(53-38(34(31)47,37(50)51)52-20-10-4-7-15-29(44)45)32(46)28(43)21-39-35(48)26-18-16-25(17-19-26)24-12-5-3-6-13-24/h3,5-6,8-9,11-14,16-19,28,30-34,43,46-47H,4,7,10,15,20-21H2,1-2H3,(H,39,48)(H,40,42)(H,41,49)(H,44,45)(H,50,51)/t28-,30-,31-,32-,33-,34+,38-/m1/s1. The molecule has 1 saturated heterocycles. The van der Waals surface area contributed by atoms with Crippen LogP contribution >= 0.6 is 0 Å². The number of aliphatic hydroxyl groups excluding tert-OH is 3. The van der Waals surface area contributed by atoms with E-state index in [0.717, 1.165) is 18.1 Å². The smallest absolute Gasteiger partial charge is 0.367 e. The summed E-state index contributed by atoms with van der Waals surface area (Å²) in [6, 6.07) is 19.4. The van der Waals surface area contributed by atoms with E-state index in [9.17, 15) is 44.4 Å². The van der Waals surface area contributed by atoms with Gasteiger partial charge in [-0.1, -0.05) is 67.1 Å². The van der Waals surface area contributed by atoms with Gasteiger partial charge in [-0.05, 0) is 54.7 Å². The molecule has 4 rings (SSSR count). The molecule has 1 heterocycles. The number of hydrogen-bond acceptors (Lipinski definition) is 10. The Labute approximate surface area is 305 Å². The van der Waals surface area contributed by atoms with Gasteiger partial charge in [-0.2, -0.15) is 0 Å². The number of aliphatic carboxylic acids is 2. The van der Waals surface area contributed by atoms with E-state index in [1.54, 1.807) is 49.4 Å². The molecule has 3 aromatic rings. The summed E-state index contributed by atoms with van der Waals surface area (Å²) < 4.78 is 11.5. The van der Waals surface area contributed by atoms with Crippen LogP contribution < -0.4 is 16.0 Å². The normalized spacial score (nSPS) is 22.2. The fourth-order valence-electron chi connectivity index (χ4n) is 6.12. The average Bonchev–Trinajstić information content (AvgIpc) is 3.14. The first kappa shape index (κ1) is 40.6. The molecule has 0 aromatic heterocycles. The fraction of sp³-hybridized carbons (Fsp3) is 0.395. The molecule has 8 N–H and O–H groups in total.